The summed E-state index contributed by atoms with van der Waals surface area (Å²) in [5, 5.41) is 20.4. The van der Waals surface area contributed by atoms with E-state index < -0.39 is 23.2 Å². The van der Waals surface area contributed by atoms with Gasteiger partial charge in [0.2, 0.25) is 0 Å². The molecule has 5 fully saturated rings. The second kappa shape index (κ2) is 4.78. The highest BCUT2D eigenvalue weighted by Gasteiger charge is 2.78. The number of ether oxygens (including phenoxy) is 2. The zero-order valence-electron chi connectivity index (χ0n) is 15.3. The second-order valence-electron chi connectivity index (χ2n) is 9.51. The number of carbonyl (C=O) groups excluding carboxylic acids is 2. The maximum atomic E-state index is 12.8. The van der Waals surface area contributed by atoms with Crippen molar-refractivity contribution in [1.29, 1.82) is 0 Å². The Bertz CT molecular complexity index is 733. The lowest BCUT2D eigenvalue weighted by molar-refractivity contribution is -0.367. The number of ketones is 1. The van der Waals surface area contributed by atoms with Gasteiger partial charge < -0.3 is 19.7 Å². The Morgan fingerprint density at radius 2 is 2.08 bits per heavy atom. The van der Waals surface area contributed by atoms with E-state index >= 15 is 0 Å². The van der Waals surface area contributed by atoms with Crippen molar-refractivity contribution >= 4 is 11.8 Å². The molecule has 3 heterocycles. The van der Waals surface area contributed by atoms with Crippen molar-refractivity contribution in [3.05, 3.63) is 11.6 Å². The molecule has 0 unspecified atom stereocenters. The van der Waals surface area contributed by atoms with Crippen LogP contribution in [0, 0.1) is 28.1 Å². The number of esters is 1. The minimum absolute atomic E-state index is 0.0818. The molecular formula is C20H26O6. The first-order valence-corrected chi connectivity index (χ1v) is 9.62. The number of fused-ring (bicyclic) bond motifs is 3. The van der Waals surface area contributed by atoms with Crippen LogP contribution in [0.1, 0.15) is 46.0 Å². The number of hydrogen-bond acceptors (Lipinski definition) is 6. The summed E-state index contributed by atoms with van der Waals surface area (Å²) < 4.78 is 11.7. The third-order valence-electron chi connectivity index (χ3n) is 8.47. The molecule has 142 valence electrons. The molecule has 6 aliphatic rings. The van der Waals surface area contributed by atoms with Crippen LogP contribution in [0.2, 0.25) is 0 Å². The molecule has 3 aliphatic heterocycles. The highest BCUT2D eigenvalue weighted by atomic mass is 16.6. The van der Waals surface area contributed by atoms with Crippen LogP contribution in [0.4, 0.5) is 0 Å². The Balaban J connectivity index is 1.61. The Labute approximate surface area is 152 Å². The zero-order chi connectivity index (χ0) is 18.5. The molecule has 0 aromatic carbocycles. The van der Waals surface area contributed by atoms with Crippen molar-refractivity contribution in [3.8, 4) is 0 Å². The van der Waals surface area contributed by atoms with Crippen LogP contribution < -0.4 is 0 Å². The number of allylic oxidation sites excluding steroid dienone is 1. The van der Waals surface area contributed by atoms with E-state index in [-0.39, 0.29) is 35.1 Å². The van der Waals surface area contributed by atoms with Crippen molar-refractivity contribution < 1.29 is 29.3 Å². The molecule has 1 spiro atoms. The molecule has 2 N–H and O–H groups in total. The van der Waals surface area contributed by atoms with Crippen molar-refractivity contribution in [2.45, 2.75) is 57.8 Å². The standard InChI is InChI=1S/C20H26O6/c1-17(14(22)9-21)4-3-12-11(8-17)7-13-15-18(2,16(23)26-13)20(24)6-5-19(12,15)10-25-20/h7,12-13,15,21,24H,3-6,8-10H2,1-2H3/t12-,13-,15+,17-,18+,19-,20-/m0/s1. The number of carbonyl (C=O) groups is 2. The fourth-order valence-corrected chi connectivity index (χ4v) is 6.93. The number of aliphatic hydroxyl groups excluding tert-OH is 1. The lowest BCUT2D eigenvalue weighted by atomic mass is 9.42. The van der Waals surface area contributed by atoms with Crippen molar-refractivity contribution in [2.75, 3.05) is 13.2 Å². The van der Waals surface area contributed by atoms with Gasteiger partial charge in [0.25, 0.3) is 0 Å². The first-order valence-electron chi connectivity index (χ1n) is 9.62. The monoisotopic (exact) mass is 362 g/mol. The highest BCUT2D eigenvalue weighted by Crippen LogP contribution is 2.71. The molecular weight excluding hydrogens is 336 g/mol. The van der Waals surface area contributed by atoms with Gasteiger partial charge in [-0.25, -0.2) is 0 Å². The fraction of sp³-hybridized carbons (Fsp3) is 0.800. The van der Waals surface area contributed by atoms with Crippen LogP contribution in [0.5, 0.6) is 0 Å². The Morgan fingerprint density at radius 3 is 2.73 bits per heavy atom. The lowest BCUT2D eigenvalue weighted by Gasteiger charge is -2.65. The maximum absolute atomic E-state index is 12.8. The van der Waals surface area contributed by atoms with Gasteiger partial charge in [0.1, 0.15) is 18.1 Å². The Morgan fingerprint density at radius 1 is 1.31 bits per heavy atom. The second-order valence-corrected chi connectivity index (χ2v) is 9.51. The van der Waals surface area contributed by atoms with E-state index in [0.717, 1.165) is 24.8 Å². The molecule has 6 heteroatoms. The molecule has 7 atom stereocenters. The van der Waals surface area contributed by atoms with Gasteiger partial charge in [0.15, 0.2) is 11.6 Å². The summed E-state index contributed by atoms with van der Waals surface area (Å²) >= 11 is 0. The Kier molecular flexibility index (Phi) is 3.10. The van der Waals surface area contributed by atoms with Crippen molar-refractivity contribution in [3.63, 3.8) is 0 Å². The molecule has 2 saturated carbocycles. The maximum Gasteiger partial charge on any atom is 0.318 e. The van der Waals surface area contributed by atoms with Gasteiger partial charge in [-0.1, -0.05) is 12.5 Å². The first-order chi connectivity index (χ1) is 12.2. The predicted molar refractivity (Wildman–Crippen MR) is 89.7 cm³/mol. The molecule has 26 heavy (non-hydrogen) atoms. The summed E-state index contributed by atoms with van der Waals surface area (Å²) in [4.78, 5) is 25.1. The normalized spacial score (nSPS) is 54.2. The summed E-state index contributed by atoms with van der Waals surface area (Å²) in [7, 11) is 0. The highest BCUT2D eigenvalue weighted by molar-refractivity contribution is 5.86. The molecule has 3 saturated heterocycles. The first kappa shape index (κ1) is 16.9. The Hall–Kier alpha value is -1.24. The number of Topliss-reactive ketones (excluding diaryl/α,β-unsaturated/α-hetero) is 1. The average Bonchev–Trinajstić information content (AvgIpc) is 2.89. The van der Waals surface area contributed by atoms with Gasteiger partial charge in [-0.05, 0) is 44.6 Å². The summed E-state index contributed by atoms with van der Waals surface area (Å²) in [5.74, 6) is -1.78. The molecule has 0 amide bonds. The van der Waals surface area contributed by atoms with E-state index in [1.807, 2.05) is 13.0 Å². The lowest BCUT2D eigenvalue weighted by Crippen LogP contribution is -2.71. The van der Waals surface area contributed by atoms with E-state index in [4.69, 9.17) is 9.47 Å². The van der Waals surface area contributed by atoms with E-state index in [1.165, 1.54) is 0 Å². The minimum atomic E-state index is -1.44. The average molecular weight is 362 g/mol. The van der Waals surface area contributed by atoms with Gasteiger partial charge in [0, 0.05) is 23.2 Å². The molecule has 2 bridgehead atoms. The van der Waals surface area contributed by atoms with Crippen LogP contribution in [-0.4, -0.2) is 47.1 Å². The predicted octanol–water partition coefficient (Wildman–Crippen LogP) is 1.34. The fourth-order valence-electron chi connectivity index (χ4n) is 6.93. The smallest absolute Gasteiger partial charge is 0.318 e. The summed E-state index contributed by atoms with van der Waals surface area (Å²) in [6, 6.07) is 0. The van der Waals surface area contributed by atoms with E-state index in [2.05, 4.69) is 0 Å². The van der Waals surface area contributed by atoms with Crippen LogP contribution in [0.3, 0.4) is 0 Å². The SMILES string of the molecule is C[C@]1(C(=O)CO)CC[C@H]2C(=C[C@@H]3OC(=O)[C@@]4(C)[C@@H]3[C@]23CC[C@]4(O)OC3)C1. The van der Waals surface area contributed by atoms with Crippen LogP contribution in [0.15, 0.2) is 11.6 Å². The largest absolute Gasteiger partial charge is 0.457 e. The van der Waals surface area contributed by atoms with Gasteiger partial charge in [-0.3, -0.25) is 9.59 Å². The van der Waals surface area contributed by atoms with Crippen molar-refractivity contribution in [2.24, 2.45) is 28.1 Å². The van der Waals surface area contributed by atoms with Crippen LogP contribution >= 0.6 is 0 Å². The van der Waals surface area contributed by atoms with Gasteiger partial charge >= 0.3 is 5.97 Å². The van der Waals surface area contributed by atoms with Crippen LogP contribution in [0.25, 0.3) is 0 Å². The summed E-state index contributed by atoms with van der Waals surface area (Å²) in [6.07, 6.45) is 5.09. The number of rotatable bonds is 2. The summed E-state index contributed by atoms with van der Waals surface area (Å²) in [6.45, 7) is 3.72. The number of hydrogen-bond donors (Lipinski definition) is 2. The molecule has 0 radical (unpaired) electrons. The van der Waals surface area contributed by atoms with E-state index in [9.17, 15) is 19.8 Å². The summed E-state index contributed by atoms with van der Waals surface area (Å²) in [5.41, 5.74) is -0.645. The minimum Gasteiger partial charge on any atom is -0.457 e. The van der Waals surface area contributed by atoms with Gasteiger partial charge in [0.05, 0.1) is 6.61 Å². The van der Waals surface area contributed by atoms with Crippen molar-refractivity contribution in [1.82, 2.24) is 0 Å². The molecule has 6 rings (SSSR count). The number of aliphatic hydroxyl groups is 2. The molecule has 0 aromatic rings. The quantitative estimate of drug-likeness (QED) is 0.569. The third-order valence-corrected chi connectivity index (χ3v) is 8.47. The zero-order valence-corrected chi connectivity index (χ0v) is 15.3. The van der Waals surface area contributed by atoms with E-state index in [0.29, 0.717) is 19.4 Å². The van der Waals surface area contributed by atoms with Crippen LogP contribution in [-0.2, 0) is 19.1 Å². The molecule has 6 nitrogen and oxygen atoms in total. The topological polar surface area (TPSA) is 93.1 Å². The van der Waals surface area contributed by atoms with Gasteiger partial charge in [-0.15, -0.1) is 0 Å². The van der Waals surface area contributed by atoms with Gasteiger partial charge in [-0.2, -0.15) is 0 Å². The molecule has 3 aliphatic carbocycles. The molecule has 0 aromatic heterocycles. The third kappa shape index (κ3) is 1.65. The van der Waals surface area contributed by atoms with E-state index in [1.54, 1.807) is 6.92 Å².